The van der Waals surface area contributed by atoms with E-state index in [1.165, 1.54) is 92.6 Å². The minimum absolute atomic E-state index is 0.0291. The molecule has 506 valence electrons. The molecule has 0 saturated carbocycles. The van der Waals surface area contributed by atoms with E-state index in [0.717, 1.165) is 77.3 Å². The molecule has 95 heavy (non-hydrogen) atoms. The van der Waals surface area contributed by atoms with E-state index >= 15 is 0 Å². The number of thiazole rings is 1. The Labute approximate surface area is 585 Å². The maximum absolute atomic E-state index is 12.0. The highest BCUT2D eigenvalue weighted by Crippen LogP contribution is 2.34. The second kappa shape index (κ2) is 38.3. The smallest absolute Gasteiger partial charge is 0.306 e. The minimum Gasteiger partial charge on any atom is -0.481 e. The second-order valence-electron chi connectivity index (χ2n) is 22.4. The number of aryl methyl sites for hydroxylation is 6. The number of likely N-dealkylation sites (tertiary alicyclic amines) is 2. The maximum Gasteiger partial charge on any atom is 0.306 e. The number of hydrogen-bond acceptors (Lipinski definition) is 23. The zero-order valence-corrected chi connectivity index (χ0v) is 59.6. The standard InChI is InChI=1S/C12H14N2O3S.C12H11NO2S.C12H11NOS2.C11H15N3O3S.C11H16N2S.C8H9ClO3S/c1-7-8(13-2)3-12(18-7)11(17)6-14-4-9(15)10(16)5-14;1-9-2-3-12(16-9)11(15)8-13-6-4-10(14)5-7-13;1-9-2-3-12(16-9)11(14)8-13-6-4-10(15)5-7-13;1-7-9(14(16)17)4-11(18-7)10(15)6-13-3-2-8(12)5-13;1-9-8-13-11(14-9)3-2-10-4-6-12-7-5-10;1-4-2-5(9)8(13-4)6(10)3-7(11)12/h3,9-10,15-16H,4-6H2,1H3;2*2-7H,8H2,1H3;4,8H,2-3,5-6,12H2,1H3;2-3,8,10,12H,4-7H2,1H3;2,6,10H,3H2,1H3,(H,11,12)/b;;;;3-2+;. The predicted octanol–water partition coefficient (Wildman–Crippen LogP) is 12.3. The van der Waals surface area contributed by atoms with Crippen LogP contribution in [-0.2, 0) is 17.9 Å². The summed E-state index contributed by atoms with van der Waals surface area (Å²) in [5, 5.41) is 52.3. The number of aliphatic carboxylic acids is 1. The summed E-state index contributed by atoms with van der Waals surface area (Å²) in [6.07, 6.45) is 13.9. The van der Waals surface area contributed by atoms with Crippen LogP contribution in [0.1, 0.15) is 110 Å². The van der Waals surface area contributed by atoms with Crippen molar-refractivity contribution >= 4 is 138 Å². The molecule has 8 aromatic heterocycles. The van der Waals surface area contributed by atoms with Gasteiger partial charge in [-0.2, -0.15) is 11.3 Å². The Morgan fingerprint density at radius 1 is 0.726 bits per heavy atom. The first-order valence-corrected chi connectivity index (χ1v) is 35.7. The number of carbonyl (C=O) groups excluding carboxylic acids is 4. The van der Waals surface area contributed by atoms with E-state index in [1.807, 2.05) is 92.2 Å². The Balaban J connectivity index is 0.000000181. The van der Waals surface area contributed by atoms with Crippen molar-refractivity contribution in [3.8, 4) is 0 Å². The number of thiophene rings is 5. The van der Waals surface area contributed by atoms with Gasteiger partial charge in [0.2, 0.25) is 5.69 Å². The molecule has 0 amide bonds. The third-order valence-electron chi connectivity index (χ3n) is 14.5. The largest absolute Gasteiger partial charge is 0.481 e. The summed E-state index contributed by atoms with van der Waals surface area (Å²) >= 11 is 19.4. The number of hydrogen-bond donors (Lipinski definition) is 6. The zero-order valence-electron chi connectivity index (χ0n) is 53.2. The van der Waals surface area contributed by atoms with Crippen molar-refractivity contribution in [3.63, 3.8) is 0 Å². The first-order valence-electron chi connectivity index (χ1n) is 30.0. The van der Waals surface area contributed by atoms with E-state index in [2.05, 4.69) is 34.2 Å². The van der Waals surface area contributed by atoms with Crippen LogP contribution >= 0.6 is 91.8 Å². The molecule has 3 fully saturated rings. The van der Waals surface area contributed by atoms with Crippen molar-refractivity contribution in [1.29, 1.82) is 0 Å². The molecule has 11 rings (SSSR count). The van der Waals surface area contributed by atoms with Gasteiger partial charge in [-0.3, -0.25) is 48.7 Å². The SMILES string of the molecule is Cc1cc(Cl)c(C(O)CC(=O)O)s1.Cc1ccc(C(=O)Cn2ccc(=O)cc2)s1.Cc1ccc(C(=O)Cn2ccc(=S)cc2)s1.Cc1cnc(/C=C/C2CCNCC2)s1.Cc1sc(C(=O)CN2CCC(N)C2)cc1[N+](=O)[O-].[C-]#[N+]c1cc(C(=O)CN2CC(O)C(O)C2)sc1C. The Kier molecular flexibility index (Phi) is 31.1. The number of nitrogens with zero attached hydrogens (tertiary/aromatic N) is 7. The summed E-state index contributed by atoms with van der Waals surface area (Å²) < 4.78 is 4.34. The fraction of sp³-hybridized carbons (Fsp3) is 0.379. The van der Waals surface area contributed by atoms with Crippen LogP contribution in [0.15, 0.2) is 109 Å². The summed E-state index contributed by atoms with van der Waals surface area (Å²) in [7, 11) is 0. The first kappa shape index (κ1) is 77.2. The summed E-state index contributed by atoms with van der Waals surface area (Å²) in [5.41, 5.74) is 6.27. The number of aliphatic hydroxyl groups is 3. The number of aromatic nitrogens is 3. The number of piperidine rings is 1. The number of Topliss-reactive ketones (excluding diaryl/α,β-unsaturated/α-hetero) is 4. The summed E-state index contributed by atoms with van der Waals surface area (Å²) in [6.45, 7) is 24.0. The van der Waals surface area contributed by atoms with Gasteiger partial charge in [0, 0.05) is 110 Å². The summed E-state index contributed by atoms with van der Waals surface area (Å²) in [5.74, 6) is -0.207. The van der Waals surface area contributed by atoms with Crippen molar-refractivity contribution in [1.82, 2.24) is 29.2 Å². The van der Waals surface area contributed by atoms with Crippen LogP contribution in [0.4, 0.5) is 11.4 Å². The Morgan fingerprint density at radius 3 is 1.72 bits per heavy atom. The fourth-order valence-corrected chi connectivity index (χ4v) is 15.1. The molecular weight excluding hydrogens is 1370 g/mol. The molecule has 0 radical (unpaired) electrons. The van der Waals surface area contributed by atoms with Gasteiger partial charge in [0.05, 0.1) is 90.6 Å². The van der Waals surface area contributed by atoms with Crippen LogP contribution in [0.25, 0.3) is 10.9 Å². The number of carboxylic acid groups (broad SMARTS) is 1. The number of nitrogens with two attached hydrogens (primary N) is 1. The van der Waals surface area contributed by atoms with Crippen LogP contribution < -0.4 is 16.5 Å². The van der Waals surface area contributed by atoms with E-state index in [1.54, 1.807) is 52.3 Å². The quantitative estimate of drug-likeness (QED) is 0.0153. The molecule has 0 spiro atoms. The molecule has 21 nitrogen and oxygen atoms in total. The Morgan fingerprint density at radius 2 is 1.26 bits per heavy atom. The van der Waals surface area contributed by atoms with Gasteiger partial charge in [-0.15, -0.1) is 56.7 Å². The molecule has 0 bridgehead atoms. The number of carbonyl (C=O) groups is 5. The van der Waals surface area contributed by atoms with E-state index in [9.17, 15) is 54.2 Å². The number of nitro groups is 1. The van der Waals surface area contributed by atoms with Gasteiger partial charge in [-0.1, -0.05) is 29.9 Å². The second-order valence-corrected chi connectivity index (χ2v) is 31.0. The number of aliphatic hydroxyl groups excluding tert-OH is 3. The van der Waals surface area contributed by atoms with Gasteiger partial charge in [0.15, 0.2) is 28.6 Å². The highest BCUT2D eigenvalue weighted by molar-refractivity contribution is 7.71. The van der Waals surface area contributed by atoms with Gasteiger partial charge in [0.1, 0.15) is 11.1 Å². The molecule has 29 heteroatoms. The minimum atomic E-state index is -1.03. The third kappa shape index (κ3) is 26.0. The lowest BCUT2D eigenvalue weighted by Gasteiger charge is -2.18. The van der Waals surface area contributed by atoms with E-state index < -0.39 is 29.2 Å². The van der Waals surface area contributed by atoms with Crippen LogP contribution in [-0.4, -0.2) is 149 Å². The van der Waals surface area contributed by atoms with Gasteiger partial charge < -0.3 is 40.6 Å². The number of nitrogens with one attached hydrogen (secondary N) is 1. The molecule has 4 unspecified atom stereocenters. The first-order chi connectivity index (χ1) is 45.1. The third-order valence-corrected chi connectivity index (χ3v) is 21.4. The number of allylic oxidation sites excluding steroid dienone is 1. The normalized spacial score (nSPS) is 16.5. The van der Waals surface area contributed by atoms with Crippen molar-refractivity contribution < 1.29 is 49.3 Å². The predicted molar refractivity (Wildman–Crippen MR) is 383 cm³/mol. The van der Waals surface area contributed by atoms with Crippen molar-refractivity contribution in [2.75, 3.05) is 52.4 Å². The molecule has 3 aliphatic rings. The number of rotatable bonds is 18. The number of carboxylic acids is 1. The van der Waals surface area contributed by atoms with E-state index in [4.69, 9.17) is 41.2 Å². The molecule has 11 heterocycles. The molecule has 0 aliphatic carbocycles. The maximum atomic E-state index is 12.0. The van der Waals surface area contributed by atoms with Crippen molar-refractivity contribution in [3.05, 3.63) is 204 Å². The monoisotopic (exact) mass is 1450 g/mol. The van der Waals surface area contributed by atoms with E-state index in [0.29, 0.717) is 56.4 Å². The Bertz CT molecular complexity index is 3940. The number of β-amino-alcohol motifs (C(OH)–C–C–N with tert-alkyl or cyclic N) is 2. The molecule has 7 N–H and O–H groups in total. The molecule has 0 aromatic carbocycles. The van der Waals surface area contributed by atoms with Gasteiger partial charge in [-0.05, 0) is 134 Å². The average Bonchev–Trinajstić information content (AvgIpc) is 1.82. The van der Waals surface area contributed by atoms with Crippen LogP contribution in [0.2, 0.25) is 5.02 Å². The number of ketones is 4. The van der Waals surface area contributed by atoms with Crippen LogP contribution in [0.3, 0.4) is 0 Å². The summed E-state index contributed by atoms with van der Waals surface area (Å²) in [4.78, 5) is 99.6. The van der Waals surface area contributed by atoms with Crippen LogP contribution in [0.5, 0.6) is 0 Å². The zero-order chi connectivity index (χ0) is 69.5. The van der Waals surface area contributed by atoms with Gasteiger partial charge in [-0.25, -0.2) is 9.83 Å². The molecular formula is C66H76ClN9O12S7. The average molecular weight is 1450 g/mol. The van der Waals surface area contributed by atoms with Crippen molar-refractivity contribution in [2.45, 2.75) is 105 Å². The molecule has 4 atom stereocenters. The summed E-state index contributed by atoms with van der Waals surface area (Å²) in [6, 6.07) is 19.0. The van der Waals surface area contributed by atoms with Crippen LogP contribution in [0, 0.1) is 68.7 Å². The lowest BCUT2D eigenvalue weighted by Crippen LogP contribution is -2.30. The van der Waals surface area contributed by atoms with Gasteiger partial charge in [0.25, 0.3) is 5.69 Å². The number of halogens is 1. The lowest BCUT2D eigenvalue weighted by molar-refractivity contribution is -0.385. The molecule has 8 aromatic rings. The highest BCUT2D eigenvalue weighted by Gasteiger charge is 2.31. The van der Waals surface area contributed by atoms with E-state index in [-0.39, 0.29) is 59.8 Å². The van der Waals surface area contributed by atoms with Gasteiger partial charge >= 0.3 is 5.97 Å². The highest BCUT2D eigenvalue weighted by atomic mass is 35.5. The molecule has 3 saturated heterocycles. The molecule has 3 aliphatic heterocycles. The Hall–Kier alpha value is -6.76. The number of pyridine rings is 2. The van der Waals surface area contributed by atoms with Crippen molar-refractivity contribution in [2.24, 2.45) is 11.7 Å². The topological polar surface area (TPSA) is 298 Å². The fourth-order valence-electron chi connectivity index (χ4n) is 9.50. The lowest BCUT2D eigenvalue weighted by atomic mass is 9.98.